The van der Waals surface area contributed by atoms with E-state index in [4.69, 9.17) is 4.52 Å². The third kappa shape index (κ3) is 3.64. The van der Waals surface area contributed by atoms with Crippen molar-refractivity contribution in [3.05, 3.63) is 47.2 Å². The van der Waals surface area contributed by atoms with E-state index < -0.39 is 0 Å². The second kappa shape index (κ2) is 6.86. The lowest BCUT2D eigenvalue weighted by Gasteiger charge is -2.31. The number of hydrogen-bond acceptors (Lipinski definition) is 4. The first-order valence-electron chi connectivity index (χ1n) is 8.17. The molecule has 1 aromatic heterocycles. The minimum atomic E-state index is -0.283. The van der Waals surface area contributed by atoms with Crippen LogP contribution in [0.2, 0.25) is 0 Å². The second-order valence-electron chi connectivity index (χ2n) is 6.35. The summed E-state index contributed by atoms with van der Waals surface area (Å²) in [6.07, 6.45) is 2.22. The first-order valence-corrected chi connectivity index (χ1v) is 8.17. The van der Waals surface area contributed by atoms with Gasteiger partial charge in [-0.25, -0.2) is 0 Å². The first kappa shape index (κ1) is 16.2. The smallest absolute Gasteiger partial charge is 0.256 e. The van der Waals surface area contributed by atoms with Gasteiger partial charge in [0.1, 0.15) is 5.76 Å². The van der Waals surface area contributed by atoms with E-state index in [1.807, 2.05) is 4.90 Å². The number of likely N-dealkylation sites (tertiary alicyclic amines) is 1. The van der Waals surface area contributed by atoms with E-state index in [1.54, 1.807) is 37.3 Å². The minimum absolute atomic E-state index is 0.0284. The highest BCUT2D eigenvalue weighted by Crippen LogP contribution is 2.18. The van der Waals surface area contributed by atoms with Crippen LogP contribution >= 0.6 is 0 Å². The molecule has 6 nitrogen and oxygen atoms in total. The van der Waals surface area contributed by atoms with E-state index in [2.05, 4.69) is 17.4 Å². The Labute approximate surface area is 140 Å². The lowest BCUT2D eigenvalue weighted by molar-refractivity contribution is 0.0682. The van der Waals surface area contributed by atoms with Gasteiger partial charge >= 0.3 is 0 Å². The van der Waals surface area contributed by atoms with Crippen LogP contribution in [0.25, 0.3) is 0 Å². The Morgan fingerprint density at radius 1 is 1.25 bits per heavy atom. The zero-order valence-electron chi connectivity index (χ0n) is 13.9. The molecule has 1 aromatic carbocycles. The highest BCUT2D eigenvalue weighted by molar-refractivity contribution is 6.04. The van der Waals surface area contributed by atoms with Crippen LogP contribution in [0, 0.1) is 12.8 Å². The molecule has 0 bridgehead atoms. The molecular formula is C18H21N3O3. The summed E-state index contributed by atoms with van der Waals surface area (Å²) >= 11 is 0. The molecule has 0 aliphatic carbocycles. The van der Waals surface area contributed by atoms with Gasteiger partial charge in [0.15, 0.2) is 5.82 Å². The van der Waals surface area contributed by atoms with Gasteiger partial charge in [-0.2, -0.15) is 0 Å². The van der Waals surface area contributed by atoms with Gasteiger partial charge in [0.2, 0.25) is 0 Å². The fourth-order valence-electron chi connectivity index (χ4n) is 2.93. The normalized spacial score (nSPS) is 17.6. The molecule has 1 atom stereocenters. The summed E-state index contributed by atoms with van der Waals surface area (Å²) in [6, 6.07) is 8.36. The van der Waals surface area contributed by atoms with E-state index >= 15 is 0 Å². The van der Waals surface area contributed by atoms with Gasteiger partial charge < -0.3 is 14.7 Å². The fourth-order valence-corrected chi connectivity index (χ4v) is 2.93. The van der Waals surface area contributed by atoms with Crippen LogP contribution < -0.4 is 5.32 Å². The van der Waals surface area contributed by atoms with Gasteiger partial charge in [-0.3, -0.25) is 9.59 Å². The van der Waals surface area contributed by atoms with Crippen molar-refractivity contribution >= 4 is 17.6 Å². The van der Waals surface area contributed by atoms with Crippen molar-refractivity contribution in [3.8, 4) is 0 Å². The predicted octanol–water partition coefficient (Wildman–Crippen LogP) is 3.11. The molecule has 1 N–H and O–H groups in total. The van der Waals surface area contributed by atoms with Gasteiger partial charge in [0.25, 0.3) is 11.8 Å². The second-order valence-corrected chi connectivity index (χ2v) is 6.35. The molecule has 2 amide bonds. The van der Waals surface area contributed by atoms with Gasteiger partial charge in [-0.05, 0) is 49.9 Å². The molecule has 24 heavy (non-hydrogen) atoms. The topological polar surface area (TPSA) is 75.4 Å². The molecule has 2 heterocycles. The summed E-state index contributed by atoms with van der Waals surface area (Å²) < 4.78 is 4.91. The molecule has 2 aromatic rings. The molecule has 1 unspecified atom stereocenters. The zero-order chi connectivity index (χ0) is 17.1. The number of amides is 2. The van der Waals surface area contributed by atoms with Gasteiger partial charge in [0, 0.05) is 30.3 Å². The standard InChI is InChI=1S/C18H21N3O3/c1-12-4-3-9-21(11-12)18(23)15-7-5-14(6-8-15)17(22)19-16-10-13(2)24-20-16/h5-8,10,12H,3-4,9,11H2,1-2H3,(H,19,20,22). The van der Waals surface area contributed by atoms with Crippen molar-refractivity contribution in [1.82, 2.24) is 10.1 Å². The summed E-state index contributed by atoms with van der Waals surface area (Å²) in [4.78, 5) is 26.6. The fraction of sp³-hybridized carbons (Fsp3) is 0.389. The third-order valence-corrected chi connectivity index (χ3v) is 4.21. The molecule has 0 saturated carbocycles. The summed E-state index contributed by atoms with van der Waals surface area (Å²) in [5.41, 5.74) is 1.08. The van der Waals surface area contributed by atoms with E-state index in [0.717, 1.165) is 19.5 Å². The summed E-state index contributed by atoms with van der Waals surface area (Å²) in [7, 11) is 0. The van der Waals surface area contributed by atoms with Crippen LogP contribution in [0.4, 0.5) is 5.82 Å². The van der Waals surface area contributed by atoms with Crippen LogP contribution in [0.3, 0.4) is 0 Å². The summed E-state index contributed by atoms with van der Waals surface area (Å²) in [5.74, 6) is 1.29. The van der Waals surface area contributed by atoms with Gasteiger partial charge in [-0.15, -0.1) is 0 Å². The summed E-state index contributed by atoms with van der Waals surface area (Å²) in [6.45, 7) is 5.52. The van der Waals surface area contributed by atoms with Crippen LogP contribution in [0.5, 0.6) is 0 Å². The maximum absolute atomic E-state index is 12.5. The Morgan fingerprint density at radius 3 is 2.58 bits per heavy atom. The van der Waals surface area contributed by atoms with E-state index in [1.165, 1.54) is 6.42 Å². The van der Waals surface area contributed by atoms with Crippen molar-refractivity contribution in [2.75, 3.05) is 18.4 Å². The van der Waals surface area contributed by atoms with E-state index in [-0.39, 0.29) is 11.8 Å². The number of aromatic nitrogens is 1. The van der Waals surface area contributed by atoms with Crippen molar-refractivity contribution in [1.29, 1.82) is 0 Å². The number of carbonyl (C=O) groups is 2. The Bertz CT molecular complexity index is 736. The number of aryl methyl sites for hydroxylation is 1. The molecule has 1 saturated heterocycles. The molecule has 1 fully saturated rings. The number of nitrogens with one attached hydrogen (secondary N) is 1. The molecular weight excluding hydrogens is 306 g/mol. The Kier molecular flexibility index (Phi) is 4.64. The molecule has 3 rings (SSSR count). The lowest BCUT2D eigenvalue weighted by atomic mass is 9.99. The number of carbonyl (C=O) groups excluding carboxylic acids is 2. The number of piperidine rings is 1. The van der Waals surface area contributed by atoms with Crippen LogP contribution in [-0.2, 0) is 0 Å². The third-order valence-electron chi connectivity index (χ3n) is 4.21. The SMILES string of the molecule is Cc1cc(NC(=O)c2ccc(C(=O)N3CCCC(C)C3)cc2)no1. The lowest BCUT2D eigenvalue weighted by Crippen LogP contribution is -2.39. The van der Waals surface area contributed by atoms with Crippen molar-refractivity contribution < 1.29 is 14.1 Å². The van der Waals surface area contributed by atoms with E-state index in [9.17, 15) is 9.59 Å². The highest BCUT2D eigenvalue weighted by Gasteiger charge is 2.22. The number of anilines is 1. The van der Waals surface area contributed by atoms with Crippen LogP contribution in [0.1, 0.15) is 46.2 Å². The number of nitrogens with zero attached hydrogens (tertiary/aromatic N) is 2. The monoisotopic (exact) mass is 327 g/mol. The van der Waals surface area contributed by atoms with Crippen LogP contribution in [-0.4, -0.2) is 35.0 Å². The molecule has 126 valence electrons. The minimum Gasteiger partial charge on any atom is -0.360 e. The number of benzene rings is 1. The van der Waals surface area contributed by atoms with Gasteiger partial charge in [0.05, 0.1) is 0 Å². The van der Waals surface area contributed by atoms with Crippen molar-refractivity contribution in [3.63, 3.8) is 0 Å². The first-order chi connectivity index (χ1) is 11.5. The Hall–Kier alpha value is -2.63. The maximum Gasteiger partial charge on any atom is 0.256 e. The molecule has 1 aliphatic rings. The average molecular weight is 327 g/mol. The predicted molar refractivity (Wildman–Crippen MR) is 89.9 cm³/mol. The maximum atomic E-state index is 12.5. The number of hydrogen-bond donors (Lipinski definition) is 1. The molecule has 0 radical (unpaired) electrons. The highest BCUT2D eigenvalue weighted by atomic mass is 16.5. The average Bonchev–Trinajstić information content (AvgIpc) is 2.99. The van der Waals surface area contributed by atoms with Crippen molar-refractivity contribution in [2.45, 2.75) is 26.7 Å². The molecule has 0 spiro atoms. The number of rotatable bonds is 3. The summed E-state index contributed by atoms with van der Waals surface area (Å²) in [5, 5.41) is 6.39. The van der Waals surface area contributed by atoms with Crippen molar-refractivity contribution in [2.24, 2.45) is 5.92 Å². The van der Waals surface area contributed by atoms with Crippen LogP contribution in [0.15, 0.2) is 34.9 Å². The Balaban J connectivity index is 1.66. The largest absolute Gasteiger partial charge is 0.360 e. The Morgan fingerprint density at radius 2 is 1.96 bits per heavy atom. The van der Waals surface area contributed by atoms with E-state index in [0.29, 0.717) is 28.6 Å². The zero-order valence-corrected chi connectivity index (χ0v) is 13.9. The van der Waals surface area contributed by atoms with Gasteiger partial charge in [-0.1, -0.05) is 12.1 Å². The quantitative estimate of drug-likeness (QED) is 0.940. The molecule has 6 heteroatoms. The molecule has 1 aliphatic heterocycles.